The SMILES string of the molecule is CCCCCCCCCCCCCC/C=C/C(O)C(COC1OC(CO)C(OC2OC(CO)C(O)C(OC3(C(=O)O)CC(O)C(NC(C)=O)C(C(O)C(O)CO)O3)C2O)C(O)C1O)NC(=O)CCCCCCCCCCCCCCCCCCCCCCCCCCCCCCCCCCCCCCCCC. The van der Waals surface area contributed by atoms with E-state index in [1.807, 2.05) is 6.08 Å². The Morgan fingerprint density at radius 1 is 0.486 bits per heavy atom. The number of aliphatic carboxylic acids is 1. The highest BCUT2D eigenvalue weighted by molar-refractivity contribution is 5.77. The summed E-state index contributed by atoms with van der Waals surface area (Å²) in [5.41, 5.74) is 0. The summed E-state index contributed by atoms with van der Waals surface area (Å²) in [7, 11) is 0. The second kappa shape index (κ2) is 62.9. The average molecular weight is 1530 g/mol. The molecule has 0 spiro atoms. The lowest BCUT2D eigenvalue weighted by Gasteiger charge is -2.50. The van der Waals surface area contributed by atoms with Crippen molar-refractivity contribution in [2.45, 2.75) is 477 Å². The van der Waals surface area contributed by atoms with Gasteiger partial charge in [0.15, 0.2) is 12.6 Å². The van der Waals surface area contributed by atoms with Gasteiger partial charge in [-0.2, -0.15) is 0 Å². The van der Waals surface area contributed by atoms with Crippen LogP contribution >= 0.6 is 0 Å². The summed E-state index contributed by atoms with van der Waals surface area (Å²) in [6.07, 6.45) is 41.6. The van der Waals surface area contributed by atoms with Crippen molar-refractivity contribution in [2.75, 3.05) is 26.4 Å². The molecule has 3 aliphatic heterocycles. The van der Waals surface area contributed by atoms with E-state index in [0.29, 0.717) is 12.8 Å². The summed E-state index contributed by atoms with van der Waals surface area (Å²) in [5.74, 6) is -6.13. The quantitative estimate of drug-likeness (QED) is 0.0199. The molecule has 3 saturated heterocycles. The van der Waals surface area contributed by atoms with Gasteiger partial charge in [-0.05, 0) is 19.3 Å². The third-order valence-corrected chi connectivity index (χ3v) is 22.2. The van der Waals surface area contributed by atoms with Crippen molar-refractivity contribution >= 4 is 17.8 Å². The van der Waals surface area contributed by atoms with Crippen LogP contribution in [0.4, 0.5) is 0 Å². The number of amides is 2. The Bertz CT molecular complexity index is 2170. The Hall–Kier alpha value is -2.53. The molecule has 3 heterocycles. The van der Waals surface area contributed by atoms with Crippen LogP contribution in [0.2, 0.25) is 0 Å². The third-order valence-electron chi connectivity index (χ3n) is 22.2. The van der Waals surface area contributed by atoms with Gasteiger partial charge in [0, 0.05) is 19.8 Å². The zero-order valence-electron chi connectivity index (χ0n) is 67.0. The molecular weight excluding hydrogens is 1370 g/mol. The molecule has 3 aliphatic rings. The predicted molar refractivity (Wildman–Crippen MR) is 417 cm³/mol. The third kappa shape index (κ3) is 42.4. The maximum atomic E-state index is 13.5. The summed E-state index contributed by atoms with van der Waals surface area (Å²) in [4.78, 5) is 38.7. The number of carbonyl (C=O) groups is 3. The van der Waals surface area contributed by atoms with Gasteiger partial charge in [0.2, 0.25) is 11.8 Å². The van der Waals surface area contributed by atoms with Crippen LogP contribution in [-0.2, 0) is 42.8 Å². The Morgan fingerprint density at radius 2 is 0.869 bits per heavy atom. The maximum Gasteiger partial charge on any atom is 0.364 e. The molecule has 18 atom stereocenters. The minimum atomic E-state index is -3.08. The van der Waals surface area contributed by atoms with Gasteiger partial charge in [-0.25, -0.2) is 4.79 Å². The van der Waals surface area contributed by atoms with E-state index >= 15 is 0 Å². The van der Waals surface area contributed by atoms with Crippen LogP contribution in [0.5, 0.6) is 0 Å². The molecule has 14 N–H and O–H groups in total. The summed E-state index contributed by atoms with van der Waals surface area (Å²) >= 11 is 0. The molecule has 18 unspecified atom stereocenters. The van der Waals surface area contributed by atoms with Gasteiger partial charge in [-0.1, -0.05) is 341 Å². The highest BCUT2D eigenvalue weighted by Gasteiger charge is 2.60. The molecule has 3 rings (SSSR count). The van der Waals surface area contributed by atoms with Crippen molar-refractivity contribution in [3.05, 3.63) is 12.2 Å². The van der Waals surface area contributed by atoms with E-state index in [-0.39, 0.29) is 12.3 Å². The number of ether oxygens (including phenoxy) is 6. The molecule has 0 aromatic rings. The first-order valence-electron chi connectivity index (χ1n) is 43.6. The van der Waals surface area contributed by atoms with Crippen molar-refractivity contribution in [3.63, 3.8) is 0 Å². The van der Waals surface area contributed by atoms with Gasteiger partial charge >= 0.3 is 5.97 Å². The first-order chi connectivity index (χ1) is 51.9. The van der Waals surface area contributed by atoms with Crippen molar-refractivity contribution in [1.82, 2.24) is 10.6 Å². The molecular formula is C84H158N2O21. The molecule has 2 amide bonds. The second-order valence-corrected chi connectivity index (χ2v) is 31.8. The molecule has 0 aliphatic carbocycles. The molecule has 630 valence electrons. The summed E-state index contributed by atoms with van der Waals surface area (Å²) in [5, 5.41) is 136. The number of carboxylic acid groups (broad SMARTS) is 1. The standard InChI is InChI=1S/C84H158N2O21/c1-4-6-8-10-12-14-16-18-20-21-22-23-24-25-26-27-28-29-30-31-32-33-34-35-36-37-38-39-40-41-42-43-44-46-48-50-52-54-56-58-71(94)86-65(66(91)57-55-53-51-49-47-45-19-17-15-13-11-9-7-5-2)63-102-81-76(98)75(97)78(70(62-89)104-81)105-82-77(99)80(74(96)69(61-88)103-82)107-84(83(100)101)59-67(92)72(85-64(3)90)79(106-84)73(95)68(93)60-87/h55,57,65-70,72-82,87-89,91-93,95-99H,4-54,56,58-63H2,1-3H3,(H,85,90)(H,86,94)(H,100,101)/b57-55+. The number of aliphatic hydroxyl groups excluding tert-OH is 11. The Labute approximate surface area is 645 Å². The minimum absolute atomic E-state index is 0.206. The van der Waals surface area contributed by atoms with Gasteiger partial charge in [0.05, 0.1) is 50.7 Å². The van der Waals surface area contributed by atoms with Crippen LogP contribution in [0.15, 0.2) is 12.2 Å². The van der Waals surface area contributed by atoms with Crippen LogP contribution in [-0.4, -0.2) is 215 Å². The van der Waals surface area contributed by atoms with Crippen LogP contribution in [0.3, 0.4) is 0 Å². The number of allylic oxidation sites excluding steroid dienone is 1. The first-order valence-corrected chi connectivity index (χ1v) is 43.6. The first kappa shape index (κ1) is 98.7. The molecule has 23 nitrogen and oxygen atoms in total. The van der Waals surface area contributed by atoms with Crippen molar-refractivity contribution in [2.24, 2.45) is 0 Å². The Morgan fingerprint density at radius 3 is 1.24 bits per heavy atom. The van der Waals surface area contributed by atoms with E-state index in [2.05, 4.69) is 24.5 Å². The second-order valence-electron chi connectivity index (χ2n) is 31.8. The lowest BCUT2D eigenvalue weighted by Crippen LogP contribution is -2.70. The largest absolute Gasteiger partial charge is 0.477 e. The van der Waals surface area contributed by atoms with Crippen LogP contribution in [0, 0.1) is 0 Å². The molecule has 0 aromatic carbocycles. The summed E-state index contributed by atoms with van der Waals surface area (Å²) in [6.45, 7) is 2.18. The zero-order chi connectivity index (χ0) is 78.1. The molecule has 3 fully saturated rings. The van der Waals surface area contributed by atoms with Crippen molar-refractivity contribution < 1.29 is 104 Å². The highest BCUT2D eigenvalue weighted by atomic mass is 16.8. The van der Waals surface area contributed by atoms with E-state index in [0.717, 1.165) is 51.9 Å². The maximum absolute atomic E-state index is 13.5. The molecule has 0 saturated carbocycles. The molecule has 23 heteroatoms. The fourth-order valence-electron chi connectivity index (χ4n) is 15.4. The number of hydrogen-bond acceptors (Lipinski definition) is 20. The number of aliphatic hydroxyl groups is 11. The zero-order valence-corrected chi connectivity index (χ0v) is 67.0. The van der Waals surface area contributed by atoms with Gasteiger partial charge in [-0.3, -0.25) is 9.59 Å². The monoisotopic (exact) mass is 1530 g/mol. The van der Waals surface area contributed by atoms with E-state index in [9.17, 15) is 75.7 Å². The number of carbonyl (C=O) groups excluding carboxylic acids is 2. The van der Waals surface area contributed by atoms with Gasteiger partial charge in [0.25, 0.3) is 5.79 Å². The number of rotatable bonds is 70. The van der Waals surface area contributed by atoms with Crippen molar-refractivity contribution in [1.29, 1.82) is 0 Å². The summed E-state index contributed by atoms with van der Waals surface area (Å²) < 4.78 is 34.9. The average Bonchev–Trinajstić information content (AvgIpc) is 0.754. The predicted octanol–water partition coefficient (Wildman–Crippen LogP) is 12.9. The smallest absolute Gasteiger partial charge is 0.364 e. The van der Waals surface area contributed by atoms with E-state index < -0.39 is 155 Å². The normalized spacial score (nSPS) is 26.0. The Kier molecular flexibility index (Phi) is 58.0. The molecule has 0 aromatic heterocycles. The molecule has 0 radical (unpaired) electrons. The fraction of sp³-hybridized carbons (Fsp3) is 0.940. The molecule has 0 bridgehead atoms. The number of unbranched alkanes of at least 4 members (excludes halogenated alkanes) is 50. The van der Waals surface area contributed by atoms with Gasteiger partial charge < -0.3 is 100 Å². The van der Waals surface area contributed by atoms with Crippen molar-refractivity contribution in [3.8, 4) is 0 Å². The van der Waals surface area contributed by atoms with E-state index in [4.69, 9.17) is 28.4 Å². The van der Waals surface area contributed by atoms with Crippen LogP contribution in [0.25, 0.3) is 0 Å². The lowest BCUT2D eigenvalue weighted by molar-refractivity contribution is -0.386. The van der Waals surface area contributed by atoms with Gasteiger partial charge in [-0.15, -0.1) is 0 Å². The fourth-order valence-corrected chi connectivity index (χ4v) is 15.4. The number of nitrogens with one attached hydrogen (secondary N) is 2. The van der Waals surface area contributed by atoms with Gasteiger partial charge in [0.1, 0.15) is 67.1 Å². The van der Waals surface area contributed by atoms with E-state index in [1.54, 1.807) is 6.08 Å². The summed E-state index contributed by atoms with van der Waals surface area (Å²) in [6, 6.07) is -2.62. The number of carboxylic acids is 1. The Balaban J connectivity index is 1.38. The van der Waals surface area contributed by atoms with E-state index in [1.165, 1.54) is 276 Å². The lowest BCUT2D eigenvalue weighted by atomic mass is 9.88. The van der Waals surface area contributed by atoms with Crippen LogP contribution in [0.1, 0.15) is 367 Å². The topological polar surface area (TPSA) is 373 Å². The number of hydrogen-bond donors (Lipinski definition) is 14. The highest BCUT2D eigenvalue weighted by Crippen LogP contribution is 2.39. The van der Waals surface area contributed by atoms with Crippen LogP contribution < -0.4 is 10.6 Å². The minimum Gasteiger partial charge on any atom is -0.477 e. The molecule has 107 heavy (non-hydrogen) atoms.